The van der Waals surface area contributed by atoms with Gasteiger partial charge in [0.05, 0.1) is 34.2 Å². The smallest absolute Gasteiger partial charge is 0.416 e. The summed E-state index contributed by atoms with van der Waals surface area (Å²) >= 11 is 0. The summed E-state index contributed by atoms with van der Waals surface area (Å²) in [6.45, 7) is 1.42. The van der Waals surface area contributed by atoms with Gasteiger partial charge in [-0.15, -0.1) is 0 Å². The zero-order valence-electron chi connectivity index (χ0n) is 20.2. The third-order valence-electron chi connectivity index (χ3n) is 5.51. The average molecular weight is 552 g/mol. The van der Waals surface area contributed by atoms with Crippen LogP contribution >= 0.6 is 0 Å². The number of carbonyl (C=O) groups is 1. The third-order valence-corrected chi connectivity index (χ3v) is 7.35. The number of benzene rings is 3. The zero-order chi connectivity index (χ0) is 27.9. The quantitative estimate of drug-likeness (QED) is 0.171. The van der Waals surface area contributed by atoms with Gasteiger partial charge < -0.3 is 9.47 Å². The van der Waals surface area contributed by atoms with E-state index in [4.69, 9.17) is 9.47 Å². The van der Waals surface area contributed by atoms with Crippen molar-refractivity contribution in [2.75, 3.05) is 12.4 Å². The molecule has 0 aliphatic rings. The van der Waals surface area contributed by atoms with Gasteiger partial charge in [0.25, 0.3) is 5.69 Å². The highest BCUT2D eigenvalue weighted by atomic mass is 32.2. The number of esters is 1. The van der Waals surface area contributed by atoms with Crippen molar-refractivity contribution in [1.82, 2.24) is 0 Å². The Labute approximate surface area is 217 Å². The number of alkyl halides is 3. The number of non-ortho nitro benzene ring substituents is 1. The van der Waals surface area contributed by atoms with Crippen LogP contribution in [0.2, 0.25) is 0 Å². The number of nitrogens with zero attached hydrogens (tertiary/aromatic N) is 1. The highest BCUT2D eigenvalue weighted by molar-refractivity contribution is 7.91. The second-order valence-electron chi connectivity index (χ2n) is 8.30. The lowest BCUT2D eigenvalue weighted by Crippen LogP contribution is -2.19. The predicted molar refractivity (Wildman–Crippen MR) is 131 cm³/mol. The first-order valence-corrected chi connectivity index (χ1v) is 13.1. The Kier molecular flexibility index (Phi) is 9.10. The molecule has 0 radical (unpaired) electrons. The van der Waals surface area contributed by atoms with Gasteiger partial charge in [0.1, 0.15) is 12.4 Å². The minimum Gasteiger partial charge on any atom is -0.489 e. The molecule has 8 nitrogen and oxygen atoms in total. The van der Waals surface area contributed by atoms with Crippen LogP contribution < -0.4 is 4.74 Å². The number of nitro benzene ring substituents is 1. The van der Waals surface area contributed by atoms with E-state index in [-0.39, 0.29) is 35.0 Å². The van der Waals surface area contributed by atoms with Crippen LogP contribution in [0.15, 0.2) is 77.7 Å². The number of sulfone groups is 1. The molecule has 12 heteroatoms. The van der Waals surface area contributed by atoms with Gasteiger partial charge in [-0.25, -0.2) is 8.42 Å². The second kappa shape index (κ2) is 12.1. The van der Waals surface area contributed by atoms with E-state index < -0.39 is 50.7 Å². The highest BCUT2D eigenvalue weighted by Crippen LogP contribution is 2.33. The van der Waals surface area contributed by atoms with Crippen molar-refractivity contribution in [3.05, 3.63) is 99.6 Å². The van der Waals surface area contributed by atoms with E-state index in [1.165, 1.54) is 24.3 Å². The molecule has 0 aliphatic carbocycles. The van der Waals surface area contributed by atoms with Gasteiger partial charge in [-0.2, -0.15) is 13.2 Å². The van der Waals surface area contributed by atoms with E-state index in [0.29, 0.717) is 11.6 Å². The summed E-state index contributed by atoms with van der Waals surface area (Å²) in [7, 11) is -3.85. The van der Waals surface area contributed by atoms with E-state index in [1.54, 1.807) is 37.3 Å². The van der Waals surface area contributed by atoms with Crippen LogP contribution in [0.25, 0.3) is 0 Å². The van der Waals surface area contributed by atoms with Crippen molar-refractivity contribution in [3.63, 3.8) is 0 Å². The van der Waals surface area contributed by atoms with E-state index >= 15 is 0 Å². The Hall–Kier alpha value is -3.93. The lowest BCUT2D eigenvalue weighted by atomic mass is 9.98. The van der Waals surface area contributed by atoms with Crippen molar-refractivity contribution in [3.8, 4) is 5.75 Å². The number of ether oxygens (including phenoxy) is 2. The van der Waals surface area contributed by atoms with Crippen molar-refractivity contribution in [2.45, 2.75) is 36.9 Å². The molecule has 0 bridgehead atoms. The van der Waals surface area contributed by atoms with Gasteiger partial charge in [0.2, 0.25) is 0 Å². The molecule has 0 heterocycles. The fourth-order valence-electron chi connectivity index (χ4n) is 3.72. The molecule has 0 aromatic heterocycles. The lowest BCUT2D eigenvalue weighted by molar-refractivity contribution is -0.385. The monoisotopic (exact) mass is 551 g/mol. The minimum atomic E-state index is -4.78. The van der Waals surface area contributed by atoms with Crippen LogP contribution in [0.3, 0.4) is 0 Å². The van der Waals surface area contributed by atoms with Gasteiger partial charge in [-0.1, -0.05) is 30.3 Å². The van der Waals surface area contributed by atoms with Gasteiger partial charge in [-0.05, 0) is 48.4 Å². The lowest BCUT2D eigenvalue weighted by Gasteiger charge is -2.17. The van der Waals surface area contributed by atoms with Gasteiger partial charge in [0.15, 0.2) is 9.84 Å². The first kappa shape index (κ1) is 28.6. The van der Waals surface area contributed by atoms with Crippen molar-refractivity contribution >= 4 is 21.5 Å². The van der Waals surface area contributed by atoms with E-state index in [1.807, 2.05) is 0 Å². The summed E-state index contributed by atoms with van der Waals surface area (Å²) in [5, 5.41) is 11.0. The first-order chi connectivity index (χ1) is 17.9. The maximum atomic E-state index is 13.1. The summed E-state index contributed by atoms with van der Waals surface area (Å²) in [4.78, 5) is 22.1. The first-order valence-electron chi connectivity index (χ1n) is 11.4. The minimum absolute atomic E-state index is 0.0376. The molecule has 3 aromatic carbocycles. The Morgan fingerprint density at radius 1 is 1.03 bits per heavy atom. The Balaban J connectivity index is 1.75. The normalized spacial score (nSPS) is 12.5. The number of hydrogen-bond donors (Lipinski definition) is 0. The molecule has 0 fully saturated rings. The molecular weight excluding hydrogens is 527 g/mol. The SMILES string of the molecule is CCOC(=O)CC(CS(=O)(=O)c1ccc(OCc2cc([N+](=O)[O-])cc(C(F)(F)F)c2)cc1)c1ccccc1. The van der Waals surface area contributed by atoms with E-state index in [9.17, 15) is 36.5 Å². The van der Waals surface area contributed by atoms with Crippen LogP contribution in [0, 0.1) is 10.1 Å². The molecule has 0 saturated heterocycles. The van der Waals surface area contributed by atoms with Crippen molar-refractivity contribution in [2.24, 2.45) is 0 Å². The number of carbonyl (C=O) groups excluding carboxylic acids is 1. The fraction of sp³-hybridized carbons (Fsp3) is 0.269. The largest absolute Gasteiger partial charge is 0.489 e. The van der Waals surface area contributed by atoms with Crippen LogP contribution in [0.5, 0.6) is 5.75 Å². The van der Waals surface area contributed by atoms with Crippen LogP contribution in [0.4, 0.5) is 18.9 Å². The summed E-state index contributed by atoms with van der Waals surface area (Å²) in [6, 6.07) is 16.1. The van der Waals surface area contributed by atoms with E-state index in [0.717, 1.165) is 12.1 Å². The zero-order valence-corrected chi connectivity index (χ0v) is 21.0. The summed E-state index contributed by atoms with van der Waals surface area (Å²) in [5.41, 5.74) is -1.31. The molecule has 1 unspecified atom stereocenters. The maximum absolute atomic E-state index is 13.1. The number of rotatable bonds is 11. The highest BCUT2D eigenvalue weighted by Gasteiger charge is 2.33. The molecule has 0 amide bonds. The predicted octanol–water partition coefficient (Wildman–Crippen LogP) is 5.70. The van der Waals surface area contributed by atoms with Gasteiger partial charge in [-0.3, -0.25) is 14.9 Å². The number of halogens is 3. The molecule has 3 aromatic rings. The number of hydrogen-bond acceptors (Lipinski definition) is 7. The molecule has 0 aliphatic heterocycles. The molecule has 1 atom stereocenters. The molecule has 0 saturated carbocycles. The van der Waals surface area contributed by atoms with Gasteiger partial charge in [0, 0.05) is 18.1 Å². The summed E-state index contributed by atoms with van der Waals surface area (Å²) in [5.74, 6) is -1.37. The summed E-state index contributed by atoms with van der Waals surface area (Å²) < 4.78 is 75.9. The average Bonchev–Trinajstić information content (AvgIpc) is 2.87. The molecular formula is C26H24F3NO7S. The Morgan fingerprint density at radius 3 is 2.26 bits per heavy atom. The molecule has 0 spiro atoms. The standard InChI is InChI=1S/C26H24F3NO7S/c1-2-36-25(31)14-20(19-6-4-3-5-7-19)17-38(34,35)24-10-8-23(9-11-24)37-16-18-12-21(26(27,28)29)15-22(13-18)30(32)33/h3-13,15,20H,2,14,16-17H2,1H3. The Morgan fingerprint density at radius 2 is 1.68 bits per heavy atom. The van der Waals surface area contributed by atoms with E-state index in [2.05, 4.69) is 0 Å². The molecule has 0 N–H and O–H groups in total. The molecule has 38 heavy (non-hydrogen) atoms. The van der Waals surface area contributed by atoms with Crippen molar-refractivity contribution in [1.29, 1.82) is 0 Å². The molecule has 202 valence electrons. The topological polar surface area (TPSA) is 113 Å². The van der Waals surface area contributed by atoms with Crippen LogP contribution in [-0.4, -0.2) is 31.7 Å². The Bertz CT molecular complexity index is 1380. The van der Waals surface area contributed by atoms with Crippen molar-refractivity contribution < 1.29 is 40.8 Å². The van der Waals surface area contributed by atoms with Crippen LogP contribution in [-0.2, 0) is 32.2 Å². The maximum Gasteiger partial charge on any atom is 0.416 e. The number of nitro groups is 1. The fourth-order valence-corrected chi connectivity index (χ4v) is 5.30. The third kappa shape index (κ3) is 7.78. The summed E-state index contributed by atoms with van der Waals surface area (Å²) in [6.07, 6.45) is -4.90. The van der Waals surface area contributed by atoms with Gasteiger partial charge >= 0.3 is 12.1 Å². The molecule has 3 rings (SSSR count). The van der Waals surface area contributed by atoms with Crippen LogP contribution in [0.1, 0.15) is 36.0 Å². The second-order valence-corrected chi connectivity index (χ2v) is 10.3.